The summed E-state index contributed by atoms with van der Waals surface area (Å²) in [6, 6.07) is 16.7. The number of fused-ring (bicyclic) bond motifs is 1. The highest BCUT2D eigenvalue weighted by Gasteiger charge is 2.49. The highest BCUT2D eigenvalue weighted by Crippen LogP contribution is 2.46. The molecule has 4 aromatic rings. The number of ether oxygens (including phenoxy) is 2. The quantitative estimate of drug-likeness (QED) is 0.0816. The lowest BCUT2D eigenvalue weighted by Crippen LogP contribution is -2.29. The minimum atomic E-state index is -1.07. The summed E-state index contributed by atoms with van der Waals surface area (Å²) in [5, 5.41) is 20.8. The van der Waals surface area contributed by atoms with Crippen LogP contribution in [-0.4, -0.2) is 40.2 Å². The van der Waals surface area contributed by atoms with Crippen molar-refractivity contribution in [1.82, 2.24) is 10.2 Å². The number of benzene rings is 3. The lowest BCUT2D eigenvalue weighted by molar-refractivity contribution is -0.132. The SMILES string of the molecule is Cc1ccc(CSc2nnc(N3C(=O)C(=O)/C(=C(/O)c4ccc5c(c4)OCCO5)C3c3ccc(Cl)cc3Cl)s2)cc1. The molecule has 8 nitrogen and oxygen atoms in total. The van der Waals surface area contributed by atoms with Crippen molar-refractivity contribution in [2.24, 2.45) is 0 Å². The van der Waals surface area contributed by atoms with Crippen LogP contribution in [0.15, 0.2) is 70.6 Å². The van der Waals surface area contributed by atoms with Gasteiger partial charge in [-0.05, 0) is 48.4 Å². The van der Waals surface area contributed by atoms with Crippen LogP contribution in [0.4, 0.5) is 5.13 Å². The number of amides is 1. The molecule has 2 aliphatic rings. The van der Waals surface area contributed by atoms with E-state index in [0.29, 0.717) is 45.4 Å². The first-order chi connectivity index (χ1) is 19.8. The van der Waals surface area contributed by atoms with E-state index in [1.165, 1.54) is 39.6 Å². The Kier molecular flexibility index (Phi) is 7.65. The number of Topliss-reactive ketones (excluding diaryl/α,β-unsaturated/α-hetero) is 1. The van der Waals surface area contributed by atoms with Crippen LogP contribution in [0.1, 0.15) is 28.3 Å². The smallest absolute Gasteiger partial charge is 0.301 e. The van der Waals surface area contributed by atoms with Gasteiger partial charge in [-0.3, -0.25) is 14.5 Å². The van der Waals surface area contributed by atoms with Gasteiger partial charge in [-0.1, -0.05) is 82.2 Å². The van der Waals surface area contributed by atoms with Gasteiger partial charge in [0, 0.05) is 21.4 Å². The summed E-state index contributed by atoms with van der Waals surface area (Å²) in [7, 11) is 0. The van der Waals surface area contributed by atoms with E-state index in [9.17, 15) is 14.7 Å². The van der Waals surface area contributed by atoms with Crippen LogP contribution in [0.5, 0.6) is 11.5 Å². The molecule has 1 unspecified atom stereocenters. The predicted octanol–water partition coefficient (Wildman–Crippen LogP) is 6.84. The molecule has 1 aromatic heterocycles. The van der Waals surface area contributed by atoms with Crippen molar-refractivity contribution in [3.63, 3.8) is 0 Å². The van der Waals surface area contributed by atoms with Crippen LogP contribution < -0.4 is 14.4 Å². The Labute approximate surface area is 253 Å². The second kappa shape index (κ2) is 11.4. The minimum absolute atomic E-state index is 0.139. The Morgan fingerprint density at radius 1 is 1.02 bits per heavy atom. The zero-order valence-electron chi connectivity index (χ0n) is 21.5. The molecular weight excluding hydrogens is 605 g/mol. The first-order valence-electron chi connectivity index (χ1n) is 12.5. The van der Waals surface area contributed by atoms with Gasteiger partial charge in [-0.15, -0.1) is 10.2 Å². The molecule has 2 aliphatic heterocycles. The molecule has 41 heavy (non-hydrogen) atoms. The maximum Gasteiger partial charge on any atom is 0.301 e. The van der Waals surface area contributed by atoms with E-state index < -0.39 is 17.7 Å². The van der Waals surface area contributed by atoms with Crippen LogP contribution in [-0.2, 0) is 15.3 Å². The molecule has 3 heterocycles. The number of hydrogen-bond acceptors (Lipinski definition) is 9. The number of aryl methyl sites for hydroxylation is 1. The van der Waals surface area contributed by atoms with Crippen LogP contribution in [0.3, 0.4) is 0 Å². The van der Waals surface area contributed by atoms with Crippen molar-refractivity contribution < 1.29 is 24.2 Å². The van der Waals surface area contributed by atoms with Crippen LogP contribution in [0.25, 0.3) is 5.76 Å². The molecule has 1 amide bonds. The molecule has 1 atom stereocenters. The van der Waals surface area contributed by atoms with Gasteiger partial charge >= 0.3 is 5.91 Å². The molecule has 0 aliphatic carbocycles. The second-order valence-electron chi connectivity index (χ2n) is 9.32. The first-order valence-corrected chi connectivity index (χ1v) is 15.0. The molecule has 208 valence electrons. The lowest BCUT2D eigenvalue weighted by Gasteiger charge is -2.24. The zero-order valence-corrected chi connectivity index (χ0v) is 24.6. The lowest BCUT2D eigenvalue weighted by atomic mass is 9.95. The summed E-state index contributed by atoms with van der Waals surface area (Å²) in [5.41, 5.74) is 2.84. The van der Waals surface area contributed by atoms with E-state index in [0.717, 1.165) is 5.56 Å². The first kappa shape index (κ1) is 27.6. The van der Waals surface area contributed by atoms with Crippen molar-refractivity contribution in [1.29, 1.82) is 0 Å². The topological polar surface area (TPSA) is 102 Å². The van der Waals surface area contributed by atoms with Crippen molar-refractivity contribution >= 4 is 68.9 Å². The van der Waals surface area contributed by atoms with E-state index >= 15 is 0 Å². The summed E-state index contributed by atoms with van der Waals surface area (Å²) in [5.74, 6) is -0.504. The Morgan fingerprint density at radius 3 is 2.54 bits per heavy atom. The van der Waals surface area contributed by atoms with Gasteiger partial charge in [0.25, 0.3) is 5.78 Å². The number of ketones is 1. The van der Waals surface area contributed by atoms with Gasteiger partial charge in [0.05, 0.1) is 11.6 Å². The summed E-state index contributed by atoms with van der Waals surface area (Å²) in [6.45, 7) is 2.79. The number of aliphatic hydroxyl groups is 1. The number of carbonyl (C=O) groups is 2. The third kappa shape index (κ3) is 5.40. The van der Waals surface area contributed by atoms with Gasteiger partial charge in [-0.25, -0.2) is 0 Å². The molecule has 1 fully saturated rings. The summed E-state index contributed by atoms with van der Waals surface area (Å²) < 4.78 is 11.8. The van der Waals surface area contributed by atoms with Gasteiger partial charge in [0.1, 0.15) is 19.0 Å². The normalized spacial score (nSPS) is 17.7. The van der Waals surface area contributed by atoms with Gasteiger partial charge in [0.15, 0.2) is 15.8 Å². The van der Waals surface area contributed by atoms with E-state index in [1.807, 2.05) is 31.2 Å². The van der Waals surface area contributed by atoms with Crippen LogP contribution in [0.2, 0.25) is 10.0 Å². The average Bonchev–Trinajstić information content (AvgIpc) is 3.54. The van der Waals surface area contributed by atoms with Crippen molar-refractivity contribution in [2.45, 2.75) is 23.1 Å². The molecule has 12 heteroatoms. The standard InChI is InChI=1S/C29H21Cl2N3O5S2/c1-15-2-4-16(5-3-15)14-40-29-33-32-28(41-29)34-24(19-8-7-18(30)13-20(19)31)23(26(36)27(34)37)25(35)17-6-9-21-22(12-17)39-11-10-38-21/h2-9,12-13,24,35H,10-11,14H2,1H3/b25-23+. The number of thioether (sulfide) groups is 1. The predicted molar refractivity (Wildman–Crippen MR) is 159 cm³/mol. The molecule has 0 spiro atoms. The van der Waals surface area contributed by atoms with E-state index in [1.54, 1.807) is 30.3 Å². The molecule has 1 saturated heterocycles. The fourth-order valence-corrected chi connectivity index (χ4v) is 6.92. The second-order valence-corrected chi connectivity index (χ2v) is 12.3. The molecule has 3 aromatic carbocycles. The zero-order chi connectivity index (χ0) is 28.7. The highest BCUT2D eigenvalue weighted by atomic mass is 35.5. The molecular formula is C29H21Cl2N3O5S2. The molecule has 0 radical (unpaired) electrons. The van der Waals surface area contributed by atoms with Crippen LogP contribution >= 0.6 is 46.3 Å². The fraction of sp³-hybridized carbons (Fsp3) is 0.172. The maximum absolute atomic E-state index is 13.5. The molecule has 0 bridgehead atoms. The number of aromatic nitrogens is 2. The third-order valence-electron chi connectivity index (χ3n) is 6.60. The summed E-state index contributed by atoms with van der Waals surface area (Å²) in [4.78, 5) is 28.3. The van der Waals surface area contributed by atoms with Gasteiger partial charge in [0.2, 0.25) is 5.13 Å². The van der Waals surface area contributed by atoms with Crippen molar-refractivity contribution in [3.8, 4) is 11.5 Å². The minimum Gasteiger partial charge on any atom is -0.507 e. The van der Waals surface area contributed by atoms with Gasteiger partial charge < -0.3 is 14.6 Å². The molecule has 0 saturated carbocycles. The fourth-order valence-electron chi connectivity index (χ4n) is 4.58. The number of hydrogen-bond donors (Lipinski definition) is 1. The largest absolute Gasteiger partial charge is 0.507 e. The Hall–Kier alpha value is -3.57. The van der Waals surface area contributed by atoms with Crippen molar-refractivity contribution in [2.75, 3.05) is 18.1 Å². The van der Waals surface area contributed by atoms with Crippen molar-refractivity contribution in [3.05, 3.63) is 98.5 Å². The van der Waals surface area contributed by atoms with E-state index in [4.69, 9.17) is 32.7 Å². The molecule has 1 N–H and O–H groups in total. The third-order valence-corrected chi connectivity index (χ3v) is 9.29. The maximum atomic E-state index is 13.5. The summed E-state index contributed by atoms with van der Waals surface area (Å²) >= 11 is 15.4. The number of carbonyl (C=O) groups excluding carboxylic acids is 2. The highest BCUT2D eigenvalue weighted by molar-refractivity contribution is 8.00. The number of aliphatic hydroxyl groups excluding tert-OH is 1. The monoisotopic (exact) mass is 625 g/mol. The number of halogens is 2. The molecule has 6 rings (SSSR count). The van der Waals surface area contributed by atoms with E-state index in [2.05, 4.69) is 10.2 Å². The van der Waals surface area contributed by atoms with Crippen LogP contribution in [0, 0.1) is 6.92 Å². The van der Waals surface area contributed by atoms with Gasteiger partial charge in [-0.2, -0.15) is 0 Å². The summed E-state index contributed by atoms with van der Waals surface area (Å²) in [6.07, 6.45) is 0. The number of anilines is 1. The average molecular weight is 627 g/mol. The number of rotatable bonds is 6. The van der Waals surface area contributed by atoms with E-state index in [-0.39, 0.29) is 27.0 Å². The Balaban J connectivity index is 1.40. The Morgan fingerprint density at radius 2 is 1.78 bits per heavy atom. The number of nitrogens with zero attached hydrogens (tertiary/aromatic N) is 3. The Bertz CT molecular complexity index is 1710.